The highest BCUT2D eigenvalue weighted by Gasteiger charge is 2.11. The van der Waals surface area contributed by atoms with Crippen LogP contribution in [-0.2, 0) is 14.3 Å². The minimum atomic E-state index is -0.627. The fourth-order valence-corrected chi connectivity index (χ4v) is 1.81. The minimum absolute atomic E-state index is 0.263. The lowest BCUT2D eigenvalue weighted by atomic mass is 10.1. The molecule has 0 aliphatic rings. The maximum Gasteiger partial charge on any atom is 0.344 e. The maximum atomic E-state index is 11.6. The van der Waals surface area contributed by atoms with E-state index in [0.717, 1.165) is 11.1 Å². The van der Waals surface area contributed by atoms with E-state index in [1.54, 1.807) is 19.1 Å². The molecule has 7 heteroatoms. The first-order chi connectivity index (χ1) is 11.0. The monoisotopic (exact) mass is 318 g/mol. The molecule has 1 aromatic heterocycles. The van der Waals surface area contributed by atoms with Gasteiger partial charge < -0.3 is 19.3 Å². The smallest absolute Gasteiger partial charge is 0.344 e. The van der Waals surface area contributed by atoms with E-state index in [-0.39, 0.29) is 12.4 Å². The Bertz CT molecular complexity index is 708. The molecule has 0 spiro atoms. The zero-order valence-electron chi connectivity index (χ0n) is 13.2. The Balaban J connectivity index is 1.74. The van der Waals surface area contributed by atoms with E-state index in [4.69, 9.17) is 14.0 Å². The van der Waals surface area contributed by atoms with Gasteiger partial charge in [0.05, 0.1) is 0 Å². The number of hydrogen-bond donors (Lipinski definition) is 1. The molecule has 0 saturated heterocycles. The lowest BCUT2D eigenvalue weighted by Crippen LogP contribution is -2.23. The van der Waals surface area contributed by atoms with Crippen LogP contribution in [0.25, 0.3) is 0 Å². The van der Waals surface area contributed by atoms with Gasteiger partial charge in [0.1, 0.15) is 11.5 Å². The third-order valence-electron chi connectivity index (χ3n) is 3.16. The fraction of sp³-hybridized carbons (Fsp3) is 0.312. The summed E-state index contributed by atoms with van der Waals surface area (Å²) in [5, 5.41) is 6.05. The number of benzene rings is 1. The first-order valence-electron chi connectivity index (χ1n) is 7.03. The average Bonchev–Trinajstić information content (AvgIpc) is 2.91. The molecule has 122 valence electrons. The number of hydrogen-bond acceptors (Lipinski definition) is 6. The number of carbonyl (C=O) groups is 2. The number of anilines is 1. The topological polar surface area (TPSA) is 90.7 Å². The standard InChI is InChI=1S/C16H18N2O5/c1-10-5-4-6-13(12(10)3)21-9-16(20)22-8-15(19)17-14-7-11(2)23-18-14/h4-7H,8-9H2,1-3H3,(H,17,18,19). The largest absolute Gasteiger partial charge is 0.482 e. The summed E-state index contributed by atoms with van der Waals surface area (Å²) in [6, 6.07) is 7.13. The molecule has 1 heterocycles. The molecule has 1 N–H and O–H groups in total. The molecule has 2 rings (SSSR count). The summed E-state index contributed by atoms with van der Waals surface area (Å²) in [4.78, 5) is 23.2. The summed E-state index contributed by atoms with van der Waals surface area (Å²) in [6.07, 6.45) is 0. The molecule has 0 aliphatic carbocycles. The number of nitrogens with zero attached hydrogens (tertiary/aromatic N) is 1. The van der Waals surface area contributed by atoms with Gasteiger partial charge in [0, 0.05) is 6.07 Å². The Labute approximate surface area is 133 Å². The number of aryl methyl sites for hydroxylation is 2. The van der Waals surface area contributed by atoms with Gasteiger partial charge in [-0.3, -0.25) is 4.79 Å². The zero-order chi connectivity index (χ0) is 16.8. The molecule has 7 nitrogen and oxygen atoms in total. The average molecular weight is 318 g/mol. The Kier molecular flexibility index (Phi) is 5.35. The first-order valence-corrected chi connectivity index (χ1v) is 7.03. The first kappa shape index (κ1) is 16.5. The van der Waals surface area contributed by atoms with Crippen LogP contribution in [0.3, 0.4) is 0 Å². The van der Waals surface area contributed by atoms with Crippen LogP contribution >= 0.6 is 0 Å². The lowest BCUT2D eigenvalue weighted by Gasteiger charge is -2.10. The second-order valence-corrected chi connectivity index (χ2v) is 5.02. The van der Waals surface area contributed by atoms with E-state index in [2.05, 4.69) is 10.5 Å². The van der Waals surface area contributed by atoms with Crippen LogP contribution in [0.5, 0.6) is 5.75 Å². The van der Waals surface area contributed by atoms with Crippen molar-refractivity contribution in [3.8, 4) is 5.75 Å². The van der Waals surface area contributed by atoms with E-state index in [9.17, 15) is 9.59 Å². The van der Waals surface area contributed by atoms with E-state index >= 15 is 0 Å². The summed E-state index contributed by atoms with van der Waals surface area (Å²) in [6.45, 7) is 4.88. The van der Waals surface area contributed by atoms with Gasteiger partial charge in [-0.25, -0.2) is 4.79 Å². The van der Waals surface area contributed by atoms with E-state index in [0.29, 0.717) is 11.5 Å². The molecule has 0 saturated carbocycles. The highest BCUT2D eigenvalue weighted by Crippen LogP contribution is 2.20. The van der Waals surface area contributed by atoms with Crippen LogP contribution in [-0.4, -0.2) is 30.2 Å². The van der Waals surface area contributed by atoms with Gasteiger partial charge in [0.2, 0.25) is 0 Å². The summed E-state index contributed by atoms with van der Waals surface area (Å²) in [5.41, 5.74) is 2.03. The number of ether oxygens (including phenoxy) is 2. The van der Waals surface area contributed by atoms with Crippen molar-refractivity contribution in [3.63, 3.8) is 0 Å². The highest BCUT2D eigenvalue weighted by molar-refractivity contribution is 5.91. The molecule has 0 atom stereocenters. The molecule has 0 bridgehead atoms. The number of aromatic nitrogens is 1. The Morgan fingerprint density at radius 3 is 2.70 bits per heavy atom. The summed E-state index contributed by atoms with van der Waals surface area (Å²) < 4.78 is 15.0. The molecule has 0 radical (unpaired) electrons. The Morgan fingerprint density at radius 2 is 2.00 bits per heavy atom. The Morgan fingerprint density at radius 1 is 1.22 bits per heavy atom. The van der Waals surface area contributed by atoms with E-state index < -0.39 is 18.5 Å². The summed E-state index contributed by atoms with van der Waals surface area (Å²) >= 11 is 0. The third kappa shape index (κ3) is 4.84. The molecular weight excluding hydrogens is 300 g/mol. The number of carbonyl (C=O) groups excluding carboxylic acids is 2. The fourth-order valence-electron chi connectivity index (χ4n) is 1.81. The van der Waals surface area contributed by atoms with Crippen molar-refractivity contribution < 1.29 is 23.6 Å². The molecule has 23 heavy (non-hydrogen) atoms. The van der Waals surface area contributed by atoms with Crippen molar-refractivity contribution in [1.29, 1.82) is 0 Å². The predicted octanol–water partition coefficient (Wildman–Crippen LogP) is 2.16. The van der Waals surface area contributed by atoms with Gasteiger partial charge in [-0.05, 0) is 38.0 Å². The third-order valence-corrected chi connectivity index (χ3v) is 3.16. The van der Waals surface area contributed by atoms with Crippen molar-refractivity contribution in [2.24, 2.45) is 0 Å². The van der Waals surface area contributed by atoms with E-state index in [1.807, 2.05) is 26.0 Å². The van der Waals surface area contributed by atoms with Gasteiger partial charge in [0.25, 0.3) is 5.91 Å². The molecule has 0 unspecified atom stereocenters. The van der Waals surface area contributed by atoms with Gasteiger partial charge >= 0.3 is 5.97 Å². The van der Waals surface area contributed by atoms with Crippen molar-refractivity contribution >= 4 is 17.7 Å². The molecule has 0 fully saturated rings. The molecular formula is C16H18N2O5. The van der Waals surface area contributed by atoms with Gasteiger partial charge in [-0.2, -0.15) is 0 Å². The zero-order valence-corrected chi connectivity index (χ0v) is 13.2. The number of nitrogens with one attached hydrogen (secondary N) is 1. The van der Waals surface area contributed by atoms with Crippen LogP contribution in [0, 0.1) is 20.8 Å². The quantitative estimate of drug-likeness (QED) is 0.821. The van der Waals surface area contributed by atoms with Crippen LogP contribution in [0.4, 0.5) is 5.82 Å². The molecule has 1 amide bonds. The van der Waals surface area contributed by atoms with Gasteiger partial charge in [0.15, 0.2) is 19.0 Å². The normalized spacial score (nSPS) is 10.2. The summed E-state index contributed by atoms with van der Waals surface area (Å²) in [5.74, 6) is 0.328. The minimum Gasteiger partial charge on any atom is -0.482 e. The molecule has 0 aliphatic heterocycles. The Hall–Kier alpha value is -2.83. The van der Waals surface area contributed by atoms with E-state index in [1.165, 1.54) is 0 Å². The van der Waals surface area contributed by atoms with Gasteiger partial charge in [-0.15, -0.1) is 0 Å². The lowest BCUT2D eigenvalue weighted by molar-refractivity contribution is -0.149. The second-order valence-electron chi connectivity index (χ2n) is 5.02. The highest BCUT2D eigenvalue weighted by atomic mass is 16.6. The van der Waals surface area contributed by atoms with Crippen LogP contribution < -0.4 is 10.1 Å². The van der Waals surface area contributed by atoms with Crippen LogP contribution in [0.1, 0.15) is 16.9 Å². The molecule has 2 aromatic rings. The number of amides is 1. The van der Waals surface area contributed by atoms with Crippen LogP contribution in [0.15, 0.2) is 28.8 Å². The number of esters is 1. The predicted molar refractivity (Wildman–Crippen MR) is 82.2 cm³/mol. The van der Waals surface area contributed by atoms with Crippen LogP contribution in [0.2, 0.25) is 0 Å². The summed E-state index contributed by atoms with van der Waals surface area (Å²) in [7, 11) is 0. The van der Waals surface area contributed by atoms with Crippen molar-refractivity contribution in [3.05, 3.63) is 41.2 Å². The van der Waals surface area contributed by atoms with Gasteiger partial charge in [-0.1, -0.05) is 17.3 Å². The number of rotatable bonds is 6. The van der Waals surface area contributed by atoms with Crippen molar-refractivity contribution in [1.82, 2.24) is 5.16 Å². The SMILES string of the molecule is Cc1cc(NC(=O)COC(=O)COc2cccc(C)c2C)no1. The van der Waals surface area contributed by atoms with Crippen molar-refractivity contribution in [2.45, 2.75) is 20.8 Å². The van der Waals surface area contributed by atoms with Crippen molar-refractivity contribution in [2.75, 3.05) is 18.5 Å². The maximum absolute atomic E-state index is 11.6. The molecule has 1 aromatic carbocycles. The second kappa shape index (κ2) is 7.44.